The van der Waals surface area contributed by atoms with Crippen LogP contribution in [0.1, 0.15) is 40.5 Å². The van der Waals surface area contributed by atoms with Crippen LogP contribution in [-0.2, 0) is 0 Å². The Morgan fingerprint density at radius 3 is 1.90 bits per heavy atom. The van der Waals surface area contributed by atoms with E-state index < -0.39 is 0 Å². The van der Waals surface area contributed by atoms with Gasteiger partial charge in [-0.15, -0.1) is 0 Å². The molecule has 0 fully saturated rings. The maximum absolute atomic E-state index is 3.45. The van der Waals surface area contributed by atoms with Gasteiger partial charge in [0.1, 0.15) is 0 Å². The first-order chi connectivity index (χ1) is 4.70. The molecule has 0 aromatic heterocycles. The first-order valence-corrected chi connectivity index (χ1v) is 4.44. The predicted octanol–water partition coefficient (Wildman–Crippen LogP) is 2.42. The molecule has 1 heteroatoms. The predicted molar refractivity (Wildman–Crippen MR) is 47.2 cm³/mol. The van der Waals surface area contributed by atoms with Crippen molar-refractivity contribution < 1.29 is 0 Å². The molecule has 0 bridgehead atoms. The van der Waals surface area contributed by atoms with Gasteiger partial charge in [-0.3, -0.25) is 0 Å². The molecule has 0 heterocycles. The Balaban J connectivity index is 3.26. The van der Waals surface area contributed by atoms with Crippen molar-refractivity contribution in [2.24, 2.45) is 5.92 Å². The van der Waals surface area contributed by atoms with E-state index >= 15 is 0 Å². The summed E-state index contributed by atoms with van der Waals surface area (Å²) in [5, 5.41) is 3.45. The number of hydrogen-bond donors (Lipinski definition) is 1. The zero-order valence-electron chi connectivity index (χ0n) is 7.78. The standard InChI is InChI=1S/C9H21N/c1-5-9(6-2)7-10-8(3)4/h8-10H,5-7H2,1-4H3. The Kier molecular flexibility index (Phi) is 5.70. The van der Waals surface area contributed by atoms with E-state index in [2.05, 4.69) is 33.0 Å². The fraction of sp³-hybridized carbons (Fsp3) is 1.00. The molecule has 0 atom stereocenters. The van der Waals surface area contributed by atoms with Crippen LogP contribution >= 0.6 is 0 Å². The number of rotatable bonds is 5. The van der Waals surface area contributed by atoms with Gasteiger partial charge in [-0.1, -0.05) is 40.5 Å². The highest BCUT2D eigenvalue weighted by molar-refractivity contribution is 4.60. The van der Waals surface area contributed by atoms with Crippen molar-refractivity contribution in [1.29, 1.82) is 0 Å². The van der Waals surface area contributed by atoms with Crippen LogP contribution in [0.3, 0.4) is 0 Å². The summed E-state index contributed by atoms with van der Waals surface area (Å²) in [4.78, 5) is 0. The Morgan fingerprint density at radius 2 is 1.60 bits per heavy atom. The van der Waals surface area contributed by atoms with E-state index in [1.807, 2.05) is 0 Å². The summed E-state index contributed by atoms with van der Waals surface area (Å²) in [5.41, 5.74) is 0. The highest BCUT2D eigenvalue weighted by Crippen LogP contribution is 2.05. The second kappa shape index (κ2) is 5.72. The quantitative estimate of drug-likeness (QED) is 0.623. The van der Waals surface area contributed by atoms with E-state index in [0.717, 1.165) is 5.92 Å². The van der Waals surface area contributed by atoms with E-state index in [9.17, 15) is 0 Å². The van der Waals surface area contributed by atoms with Gasteiger partial charge >= 0.3 is 0 Å². The molecule has 0 aromatic carbocycles. The van der Waals surface area contributed by atoms with Crippen LogP contribution in [0, 0.1) is 5.92 Å². The van der Waals surface area contributed by atoms with E-state index in [0.29, 0.717) is 6.04 Å². The van der Waals surface area contributed by atoms with Crippen LogP contribution in [-0.4, -0.2) is 12.6 Å². The van der Waals surface area contributed by atoms with Crippen molar-refractivity contribution in [2.45, 2.75) is 46.6 Å². The second-order valence-corrected chi connectivity index (χ2v) is 3.25. The molecule has 0 aliphatic carbocycles. The fourth-order valence-corrected chi connectivity index (χ4v) is 0.980. The average Bonchev–Trinajstić information content (AvgIpc) is 1.90. The molecule has 0 saturated carbocycles. The minimum absolute atomic E-state index is 0.639. The molecule has 0 aliphatic rings. The molecule has 1 N–H and O–H groups in total. The van der Waals surface area contributed by atoms with Gasteiger partial charge in [0.15, 0.2) is 0 Å². The van der Waals surface area contributed by atoms with Crippen molar-refractivity contribution in [2.75, 3.05) is 6.54 Å². The molecule has 0 saturated heterocycles. The molecular weight excluding hydrogens is 122 g/mol. The zero-order chi connectivity index (χ0) is 7.98. The number of hydrogen-bond acceptors (Lipinski definition) is 1. The van der Waals surface area contributed by atoms with Crippen LogP contribution in [0.4, 0.5) is 0 Å². The third-order valence-corrected chi connectivity index (χ3v) is 1.97. The summed E-state index contributed by atoms with van der Waals surface area (Å²) in [5.74, 6) is 0.877. The van der Waals surface area contributed by atoms with Crippen LogP contribution < -0.4 is 5.32 Å². The van der Waals surface area contributed by atoms with Crippen LogP contribution in [0.25, 0.3) is 0 Å². The summed E-state index contributed by atoms with van der Waals surface area (Å²) >= 11 is 0. The van der Waals surface area contributed by atoms with Gasteiger partial charge < -0.3 is 5.32 Å². The average molecular weight is 143 g/mol. The molecule has 1 nitrogen and oxygen atoms in total. The van der Waals surface area contributed by atoms with Gasteiger partial charge in [0.2, 0.25) is 0 Å². The highest BCUT2D eigenvalue weighted by atomic mass is 14.9. The Morgan fingerprint density at radius 1 is 1.10 bits per heavy atom. The van der Waals surface area contributed by atoms with Gasteiger partial charge in [-0.25, -0.2) is 0 Å². The van der Waals surface area contributed by atoms with Crippen molar-refractivity contribution in [3.63, 3.8) is 0 Å². The first kappa shape index (κ1) is 9.96. The first-order valence-electron chi connectivity index (χ1n) is 4.44. The van der Waals surface area contributed by atoms with Crippen molar-refractivity contribution in [3.05, 3.63) is 0 Å². The topological polar surface area (TPSA) is 12.0 Å². The lowest BCUT2D eigenvalue weighted by atomic mass is 10.0. The molecule has 10 heavy (non-hydrogen) atoms. The monoisotopic (exact) mass is 143 g/mol. The molecule has 0 unspecified atom stereocenters. The summed E-state index contributed by atoms with van der Waals surface area (Å²) in [6.45, 7) is 10.1. The molecule has 0 spiro atoms. The van der Waals surface area contributed by atoms with Crippen molar-refractivity contribution in [1.82, 2.24) is 5.32 Å². The molecule has 0 aromatic rings. The van der Waals surface area contributed by atoms with Gasteiger partial charge in [-0.05, 0) is 12.5 Å². The second-order valence-electron chi connectivity index (χ2n) is 3.25. The fourth-order valence-electron chi connectivity index (χ4n) is 0.980. The summed E-state index contributed by atoms with van der Waals surface area (Å²) in [6.07, 6.45) is 2.60. The van der Waals surface area contributed by atoms with Crippen LogP contribution in [0.5, 0.6) is 0 Å². The molecule has 62 valence electrons. The van der Waals surface area contributed by atoms with Gasteiger partial charge in [-0.2, -0.15) is 0 Å². The Hall–Kier alpha value is -0.0400. The van der Waals surface area contributed by atoms with Crippen LogP contribution in [0.2, 0.25) is 0 Å². The van der Waals surface area contributed by atoms with Crippen molar-refractivity contribution in [3.8, 4) is 0 Å². The Bertz CT molecular complexity index is 65.1. The Labute approximate surface area is 65.2 Å². The maximum Gasteiger partial charge on any atom is 0.00104 e. The lowest BCUT2D eigenvalue weighted by Gasteiger charge is -2.15. The third kappa shape index (κ3) is 4.80. The number of nitrogens with one attached hydrogen (secondary N) is 1. The summed E-state index contributed by atoms with van der Waals surface area (Å²) < 4.78 is 0. The molecular formula is C9H21N. The SMILES string of the molecule is CCC(CC)CNC(C)C. The minimum atomic E-state index is 0.639. The lowest BCUT2D eigenvalue weighted by molar-refractivity contribution is 0.427. The summed E-state index contributed by atoms with van der Waals surface area (Å²) in [7, 11) is 0. The third-order valence-electron chi connectivity index (χ3n) is 1.97. The van der Waals surface area contributed by atoms with E-state index in [-0.39, 0.29) is 0 Å². The van der Waals surface area contributed by atoms with Gasteiger partial charge in [0, 0.05) is 6.04 Å². The molecule has 0 radical (unpaired) electrons. The van der Waals surface area contributed by atoms with Gasteiger partial charge in [0.05, 0.1) is 0 Å². The largest absolute Gasteiger partial charge is 0.314 e. The van der Waals surface area contributed by atoms with E-state index in [1.54, 1.807) is 0 Å². The van der Waals surface area contributed by atoms with E-state index in [4.69, 9.17) is 0 Å². The van der Waals surface area contributed by atoms with Crippen molar-refractivity contribution >= 4 is 0 Å². The highest BCUT2D eigenvalue weighted by Gasteiger charge is 2.02. The van der Waals surface area contributed by atoms with Gasteiger partial charge in [0.25, 0.3) is 0 Å². The van der Waals surface area contributed by atoms with E-state index in [1.165, 1.54) is 19.4 Å². The molecule has 0 rings (SSSR count). The smallest absolute Gasteiger partial charge is 0.00104 e. The summed E-state index contributed by atoms with van der Waals surface area (Å²) in [6, 6.07) is 0.639. The lowest BCUT2D eigenvalue weighted by Crippen LogP contribution is -2.28. The normalized spacial score (nSPS) is 11.4. The molecule has 0 amide bonds. The van der Waals surface area contributed by atoms with Crippen LogP contribution in [0.15, 0.2) is 0 Å². The maximum atomic E-state index is 3.45. The minimum Gasteiger partial charge on any atom is -0.314 e. The molecule has 0 aliphatic heterocycles. The zero-order valence-corrected chi connectivity index (χ0v) is 7.78.